The van der Waals surface area contributed by atoms with Gasteiger partial charge in [0.05, 0.1) is 7.11 Å². The van der Waals surface area contributed by atoms with Gasteiger partial charge in [-0.2, -0.15) is 0 Å². The predicted octanol–water partition coefficient (Wildman–Crippen LogP) is 2.29. The summed E-state index contributed by atoms with van der Waals surface area (Å²) in [5.41, 5.74) is 2.87. The first-order valence-electron chi connectivity index (χ1n) is 7.99. The van der Waals surface area contributed by atoms with E-state index in [4.69, 9.17) is 4.74 Å². The Morgan fingerprint density at radius 1 is 1.12 bits per heavy atom. The minimum absolute atomic E-state index is 0.310. The number of hydrogen-bond donors (Lipinski definition) is 1. The summed E-state index contributed by atoms with van der Waals surface area (Å²) in [6.45, 7) is 0.885. The van der Waals surface area contributed by atoms with E-state index in [-0.39, 0.29) is 0 Å². The molecule has 0 unspecified atom stereocenters. The lowest BCUT2D eigenvalue weighted by atomic mass is 10.0. The van der Waals surface area contributed by atoms with Crippen molar-refractivity contribution in [3.05, 3.63) is 59.7 Å². The first-order valence-corrected chi connectivity index (χ1v) is 7.99. The third-order valence-corrected chi connectivity index (χ3v) is 4.16. The molecule has 0 bridgehead atoms. The van der Waals surface area contributed by atoms with Gasteiger partial charge in [0.1, 0.15) is 5.75 Å². The van der Waals surface area contributed by atoms with Gasteiger partial charge in [0.2, 0.25) is 0 Å². The molecular weight excluding hydrogens is 304 g/mol. The van der Waals surface area contributed by atoms with Crippen LogP contribution in [-0.4, -0.2) is 25.5 Å². The highest BCUT2D eigenvalue weighted by atomic mass is 16.5. The third-order valence-electron chi connectivity index (χ3n) is 4.16. The molecule has 5 heteroatoms. The maximum Gasteiger partial charge on any atom is 0.316 e. The number of benzene rings is 2. The summed E-state index contributed by atoms with van der Waals surface area (Å²) in [5.74, 6) is -0.329. The monoisotopic (exact) mass is 324 g/mol. The molecule has 0 aromatic heterocycles. The summed E-state index contributed by atoms with van der Waals surface area (Å²) in [4.78, 5) is 26.3. The fourth-order valence-electron chi connectivity index (χ4n) is 2.87. The molecule has 0 aliphatic carbocycles. The average molecular weight is 324 g/mol. The van der Waals surface area contributed by atoms with Gasteiger partial charge in [-0.1, -0.05) is 30.3 Å². The van der Waals surface area contributed by atoms with Crippen molar-refractivity contribution in [3.8, 4) is 5.75 Å². The molecule has 1 aliphatic heterocycles. The minimum atomic E-state index is -0.581. The number of ether oxygens (including phenoxy) is 1. The molecule has 0 atom stereocenters. The SMILES string of the molecule is COc1ccc(CNC(=O)C(=O)N2CCCc3ccccc32)cc1. The normalized spacial score (nSPS) is 13.1. The largest absolute Gasteiger partial charge is 0.497 e. The van der Waals surface area contributed by atoms with Crippen LogP contribution in [-0.2, 0) is 22.6 Å². The topological polar surface area (TPSA) is 58.6 Å². The van der Waals surface area contributed by atoms with Crippen molar-refractivity contribution in [3.63, 3.8) is 0 Å². The van der Waals surface area contributed by atoms with Gasteiger partial charge in [-0.05, 0) is 42.2 Å². The molecule has 24 heavy (non-hydrogen) atoms. The van der Waals surface area contributed by atoms with Crippen LogP contribution in [0.2, 0.25) is 0 Å². The highest BCUT2D eigenvalue weighted by Gasteiger charge is 2.26. The number of hydrogen-bond acceptors (Lipinski definition) is 3. The van der Waals surface area contributed by atoms with E-state index in [0.29, 0.717) is 13.1 Å². The molecule has 0 fully saturated rings. The summed E-state index contributed by atoms with van der Waals surface area (Å²) < 4.78 is 5.10. The number of nitrogens with zero attached hydrogens (tertiary/aromatic N) is 1. The quantitative estimate of drug-likeness (QED) is 0.881. The van der Waals surface area contributed by atoms with E-state index in [1.807, 2.05) is 48.5 Å². The zero-order valence-corrected chi connectivity index (χ0v) is 13.6. The molecule has 1 heterocycles. The Labute approximate surface area is 141 Å². The molecule has 0 radical (unpaired) electrons. The minimum Gasteiger partial charge on any atom is -0.497 e. The highest BCUT2D eigenvalue weighted by Crippen LogP contribution is 2.26. The summed E-state index contributed by atoms with van der Waals surface area (Å²) in [6.07, 6.45) is 1.81. The number of para-hydroxylation sites is 1. The van der Waals surface area contributed by atoms with E-state index >= 15 is 0 Å². The van der Waals surface area contributed by atoms with Gasteiger partial charge in [-0.3, -0.25) is 9.59 Å². The number of carbonyl (C=O) groups is 2. The lowest BCUT2D eigenvalue weighted by Gasteiger charge is -2.28. The molecule has 0 saturated heterocycles. The maximum absolute atomic E-state index is 12.5. The summed E-state index contributed by atoms with van der Waals surface area (Å²) >= 11 is 0. The van der Waals surface area contributed by atoms with Crippen molar-refractivity contribution in [1.82, 2.24) is 5.32 Å². The fourth-order valence-corrected chi connectivity index (χ4v) is 2.87. The molecule has 1 N–H and O–H groups in total. The maximum atomic E-state index is 12.5. The first-order chi connectivity index (χ1) is 11.7. The van der Waals surface area contributed by atoms with Crippen LogP contribution >= 0.6 is 0 Å². The molecule has 2 aromatic carbocycles. The van der Waals surface area contributed by atoms with E-state index in [1.165, 1.54) is 0 Å². The van der Waals surface area contributed by atoms with E-state index in [2.05, 4.69) is 5.32 Å². The second kappa shape index (κ2) is 7.17. The predicted molar refractivity (Wildman–Crippen MR) is 92.0 cm³/mol. The lowest BCUT2D eigenvalue weighted by Crippen LogP contribution is -2.45. The van der Waals surface area contributed by atoms with E-state index < -0.39 is 11.8 Å². The molecule has 3 rings (SSSR count). The lowest BCUT2D eigenvalue weighted by molar-refractivity contribution is -0.137. The van der Waals surface area contributed by atoms with Crippen LogP contribution in [0.5, 0.6) is 5.75 Å². The summed E-state index contributed by atoms with van der Waals surface area (Å²) in [7, 11) is 1.60. The Morgan fingerprint density at radius 3 is 2.62 bits per heavy atom. The van der Waals surface area contributed by atoms with Gasteiger partial charge < -0.3 is 15.0 Å². The first kappa shape index (κ1) is 16.1. The Hall–Kier alpha value is -2.82. The molecule has 0 saturated carbocycles. The molecule has 0 spiro atoms. The van der Waals surface area contributed by atoms with Crippen molar-refractivity contribution in [2.45, 2.75) is 19.4 Å². The van der Waals surface area contributed by atoms with Crippen LogP contribution < -0.4 is 15.0 Å². The number of rotatable bonds is 3. The van der Waals surface area contributed by atoms with Gasteiger partial charge in [-0.15, -0.1) is 0 Å². The number of aryl methyl sites for hydroxylation is 1. The van der Waals surface area contributed by atoms with E-state index in [9.17, 15) is 9.59 Å². The number of carbonyl (C=O) groups excluding carboxylic acids is 2. The molecular formula is C19H20N2O3. The van der Waals surface area contributed by atoms with Crippen LogP contribution in [0.1, 0.15) is 17.5 Å². The molecule has 2 amide bonds. The smallest absolute Gasteiger partial charge is 0.316 e. The molecule has 5 nitrogen and oxygen atoms in total. The standard InChI is InChI=1S/C19H20N2O3/c1-24-16-10-8-14(9-11-16)13-20-18(22)19(23)21-12-4-6-15-5-2-3-7-17(15)21/h2-3,5,7-11H,4,6,12-13H2,1H3,(H,20,22). The van der Waals surface area contributed by atoms with Crippen LogP contribution in [0.15, 0.2) is 48.5 Å². The molecule has 2 aromatic rings. The third kappa shape index (κ3) is 3.40. The number of methoxy groups -OCH3 is 1. The molecule has 124 valence electrons. The van der Waals surface area contributed by atoms with E-state index in [1.54, 1.807) is 12.0 Å². The van der Waals surface area contributed by atoms with Crippen molar-refractivity contribution in [1.29, 1.82) is 0 Å². The second-order valence-electron chi connectivity index (χ2n) is 5.72. The number of fused-ring (bicyclic) bond motifs is 1. The Bertz CT molecular complexity index is 741. The van der Waals surface area contributed by atoms with E-state index in [0.717, 1.165) is 35.4 Å². The number of amides is 2. The fraction of sp³-hybridized carbons (Fsp3) is 0.263. The Balaban J connectivity index is 1.64. The zero-order valence-electron chi connectivity index (χ0n) is 13.6. The van der Waals surface area contributed by atoms with Crippen molar-refractivity contribution >= 4 is 17.5 Å². The summed E-state index contributed by atoms with van der Waals surface area (Å²) in [5, 5.41) is 2.69. The van der Waals surface area contributed by atoms with Gasteiger partial charge in [0.25, 0.3) is 0 Å². The highest BCUT2D eigenvalue weighted by molar-refractivity contribution is 6.40. The van der Waals surface area contributed by atoms with Crippen molar-refractivity contribution in [2.24, 2.45) is 0 Å². The zero-order chi connectivity index (χ0) is 16.9. The van der Waals surface area contributed by atoms with Crippen LogP contribution in [0.4, 0.5) is 5.69 Å². The van der Waals surface area contributed by atoms with Gasteiger partial charge in [-0.25, -0.2) is 0 Å². The van der Waals surface area contributed by atoms with Crippen molar-refractivity contribution < 1.29 is 14.3 Å². The number of anilines is 1. The van der Waals surface area contributed by atoms with Gasteiger partial charge in [0.15, 0.2) is 0 Å². The van der Waals surface area contributed by atoms with Crippen molar-refractivity contribution in [2.75, 3.05) is 18.6 Å². The Morgan fingerprint density at radius 2 is 1.88 bits per heavy atom. The van der Waals surface area contributed by atoms with Gasteiger partial charge >= 0.3 is 11.8 Å². The average Bonchev–Trinajstić information content (AvgIpc) is 2.65. The van der Waals surface area contributed by atoms with Crippen LogP contribution in [0, 0.1) is 0 Å². The van der Waals surface area contributed by atoms with Gasteiger partial charge in [0, 0.05) is 18.8 Å². The van der Waals surface area contributed by atoms with Crippen LogP contribution in [0.3, 0.4) is 0 Å². The Kier molecular flexibility index (Phi) is 4.79. The summed E-state index contributed by atoms with van der Waals surface area (Å²) in [6, 6.07) is 15.1. The second-order valence-corrected chi connectivity index (χ2v) is 5.72. The van der Waals surface area contributed by atoms with Crippen LogP contribution in [0.25, 0.3) is 0 Å². The molecule has 1 aliphatic rings. The number of nitrogens with one attached hydrogen (secondary N) is 1.